The fraction of sp³-hybridized carbons (Fsp3) is 0.263. The van der Waals surface area contributed by atoms with Crippen LogP contribution in [0.3, 0.4) is 0 Å². The van der Waals surface area contributed by atoms with Crippen LogP contribution < -0.4 is 0 Å². The summed E-state index contributed by atoms with van der Waals surface area (Å²) in [7, 11) is 0. The minimum absolute atomic E-state index is 0.121. The van der Waals surface area contributed by atoms with E-state index in [9.17, 15) is 9.18 Å². The molecule has 1 aromatic carbocycles. The summed E-state index contributed by atoms with van der Waals surface area (Å²) in [6.45, 7) is 5.50. The summed E-state index contributed by atoms with van der Waals surface area (Å²) in [5.74, 6) is -0.0421. The summed E-state index contributed by atoms with van der Waals surface area (Å²) in [5, 5.41) is 8.42. The summed E-state index contributed by atoms with van der Waals surface area (Å²) in [4.78, 5) is 16.1. The molecular formula is C19H18ClFN4O3. The molecule has 0 aliphatic heterocycles. The average molecular weight is 405 g/mol. The van der Waals surface area contributed by atoms with Crippen molar-refractivity contribution in [1.29, 1.82) is 0 Å². The first-order valence-corrected chi connectivity index (χ1v) is 8.91. The first kappa shape index (κ1) is 19.8. The summed E-state index contributed by atoms with van der Waals surface area (Å²) < 4.78 is 24.7. The fourth-order valence-corrected chi connectivity index (χ4v) is 2.68. The van der Waals surface area contributed by atoms with Crippen LogP contribution in [0.5, 0.6) is 0 Å². The molecule has 0 saturated heterocycles. The second kappa shape index (κ2) is 8.35. The second-order valence-electron chi connectivity index (χ2n) is 6.32. The fourth-order valence-electron chi connectivity index (χ4n) is 2.35. The summed E-state index contributed by atoms with van der Waals surface area (Å²) in [6.07, 6.45) is 2.75. The number of hydrogen-bond donors (Lipinski definition) is 0. The molecule has 9 heteroatoms. The van der Waals surface area contributed by atoms with Gasteiger partial charge in [0.05, 0.1) is 11.4 Å². The Morgan fingerprint density at radius 3 is 2.71 bits per heavy atom. The summed E-state index contributed by atoms with van der Waals surface area (Å²) >= 11 is 6.36. The molecule has 0 fully saturated rings. The highest BCUT2D eigenvalue weighted by atomic mass is 35.5. The molecule has 0 unspecified atom stereocenters. The largest absolute Gasteiger partial charge is 0.452 e. The van der Waals surface area contributed by atoms with Gasteiger partial charge >= 0.3 is 5.97 Å². The molecular weight excluding hydrogens is 387 g/mol. The third-order valence-electron chi connectivity index (χ3n) is 3.84. The van der Waals surface area contributed by atoms with E-state index in [1.165, 1.54) is 29.0 Å². The highest BCUT2D eigenvalue weighted by molar-refractivity contribution is 6.31. The number of nitrogens with zero attached hydrogens (tertiary/aromatic N) is 4. The molecule has 0 atom stereocenters. The third-order valence-corrected chi connectivity index (χ3v) is 4.21. The number of benzene rings is 1. The van der Waals surface area contributed by atoms with E-state index in [-0.39, 0.29) is 24.2 Å². The Kier molecular flexibility index (Phi) is 5.89. The molecule has 28 heavy (non-hydrogen) atoms. The van der Waals surface area contributed by atoms with Crippen molar-refractivity contribution in [1.82, 2.24) is 19.9 Å². The molecule has 3 rings (SSSR count). The molecule has 0 radical (unpaired) electrons. The van der Waals surface area contributed by atoms with Crippen LogP contribution in [0.25, 0.3) is 11.8 Å². The van der Waals surface area contributed by atoms with Crippen LogP contribution in [-0.4, -0.2) is 25.9 Å². The lowest BCUT2D eigenvalue weighted by atomic mass is 10.2. The first-order valence-electron chi connectivity index (χ1n) is 8.53. The zero-order valence-electron chi connectivity index (χ0n) is 15.5. The van der Waals surface area contributed by atoms with Gasteiger partial charge in [-0.05, 0) is 37.3 Å². The van der Waals surface area contributed by atoms with Crippen molar-refractivity contribution in [3.63, 3.8) is 0 Å². The summed E-state index contributed by atoms with van der Waals surface area (Å²) in [6, 6.07) is 5.76. The molecule has 0 aliphatic carbocycles. The van der Waals surface area contributed by atoms with Crippen LogP contribution in [0.4, 0.5) is 4.39 Å². The SMILES string of the molecule is Cc1nn(-c2ccc(F)cc2)c(Cl)c1/C=C/C(=O)OCc1nc(C(C)C)no1. The molecule has 2 heterocycles. The molecule has 0 amide bonds. The van der Waals surface area contributed by atoms with Gasteiger partial charge in [-0.15, -0.1) is 0 Å². The van der Waals surface area contributed by atoms with Gasteiger partial charge in [0.2, 0.25) is 0 Å². The second-order valence-corrected chi connectivity index (χ2v) is 6.68. The Bertz CT molecular complexity index is 1010. The maximum absolute atomic E-state index is 13.1. The lowest BCUT2D eigenvalue weighted by Gasteiger charge is -2.02. The monoisotopic (exact) mass is 404 g/mol. The molecule has 146 valence electrons. The molecule has 7 nitrogen and oxygen atoms in total. The number of esters is 1. The van der Waals surface area contributed by atoms with Crippen molar-refractivity contribution in [2.24, 2.45) is 0 Å². The Hall–Kier alpha value is -3.00. The van der Waals surface area contributed by atoms with E-state index in [2.05, 4.69) is 15.2 Å². The standard InChI is InChI=1S/C19H18ClFN4O3/c1-11(2)19-22-16(28-24-19)10-27-17(26)9-8-15-12(3)23-25(18(15)20)14-6-4-13(21)5-7-14/h4-9,11H,10H2,1-3H3/b9-8+. The van der Waals surface area contributed by atoms with E-state index < -0.39 is 5.97 Å². The van der Waals surface area contributed by atoms with Crippen LogP contribution in [-0.2, 0) is 16.1 Å². The minimum Gasteiger partial charge on any atom is -0.452 e. The van der Waals surface area contributed by atoms with Crippen LogP contribution in [0.15, 0.2) is 34.9 Å². The quantitative estimate of drug-likeness (QED) is 0.451. The van der Waals surface area contributed by atoms with Crippen LogP contribution in [0.1, 0.15) is 42.7 Å². The normalized spacial score (nSPS) is 11.5. The van der Waals surface area contributed by atoms with Crippen LogP contribution in [0.2, 0.25) is 5.15 Å². The molecule has 0 N–H and O–H groups in total. The summed E-state index contributed by atoms with van der Waals surface area (Å²) in [5.41, 5.74) is 1.77. The van der Waals surface area contributed by atoms with E-state index >= 15 is 0 Å². The van der Waals surface area contributed by atoms with E-state index in [0.29, 0.717) is 27.9 Å². The number of aryl methyl sites for hydroxylation is 1. The van der Waals surface area contributed by atoms with Gasteiger partial charge in [-0.25, -0.2) is 13.9 Å². The molecule has 3 aromatic rings. The number of ether oxygens (including phenoxy) is 1. The van der Waals surface area contributed by atoms with Gasteiger partial charge in [0.25, 0.3) is 5.89 Å². The number of aromatic nitrogens is 4. The number of carbonyl (C=O) groups excluding carboxylic acids is 1. The first-order chi connectivity index (χ1) is 13.3. The molecule has 0 bridgehead atoms. The molecule has 0 aliphatic rings. The number of carbonyl (C=O) groups is 1. The number of rotatable bonds is 6. The Morgan fingerprint density at radius 1 is 1.36 bits per heavy atom. The van der Waals surface area contributed by atoms with E-state index in [1.807, 2.05) is 13.8 Å². The smallest absolute Gasteiger partial charge is 0.331 e. The maximum atomic E-state index is 13.1. The van der Waals surface area contributed by atoms with Gasteiger partial charge in [-0.2, -0.15) is 10.1 Å². The number of hydrogen-bond acceptors (Lipinski definition) is 6. The Morgan fingerprint density at radius 2 is 2.07 bits per heavy atom. The Labute approximate surface area is 165 Å². The zero-order valence-corrected chi connectivity index (χ0v) is 16.3. The highest BCUT2D eigenvalue weighted by Gasteiger charge is 2.14. The van der Waals surface area contributed by atoms with Crippen molar-refractivity contribution < 1.29 is 18.4 Å². The average Bonchev–Trinajstić information content (AvgIpc) is 3.24. The van der Waals surface area contributed by atoms with E-state index in [1.54, 1.807) is 19.1 Å². The van der Waals surface area contributed by atoms with Crippen molar-refractivity contribution in [3.05, 3.63) is 64.3 Å². The predicted octanol–water partition coefficient (Wildman–Crippen LogP) is 4.24. The topological polar surface area (TPSA) is 83.0 Å². The van der Waals surface area contributed by atoms with Crippen LogP contribution in [0, 0.1) is 12.7 Å². The van der Waals surface area contributed by atoms with E-state index in [0.717, 1.165) is 0 Å². The highest BCUT2D eigenvalue weighted by Crippen LogP contribution is 2.25. The van der Waals surface area contributed by atoms with Gasteiger partial charge in [-0.3, -0.25) is 0 Å². The van der Waals surface area contributed by atoms with Gasteiger partial charge in [-0.1, -0.05) is 30.6 Å². The van der Waals surface area contributed by atoms with Gasteiger partial charge in [0.1, 0.15) is 11.0 Å². The lowest BCUT2D eigenvalue weighted by molar-refractivity contribution is -0.139. The van der Waals surface area contributed by atoms with Crippen LogP contribution >= 0.6 is 11.6 Å². The molecule has 0 spiro atoms. The Balaban J connectivity index is 1.67. The number of halogens is 2. The lowest BCUT2D eigenvalue weighted by Crippen LogP contribution is -2.01. The molecule has 2 aromatic heterocycles. The van der Waals surface area contributed by atoms with Gasteiger partial charge in [0, 0.05) is 17.6 Å². The third kappa shape index (κ3) is 4.45. The van der Waals surface area contributed by atoms with Crippen molar-refractivity contribution in [2.75, 3.05) is 0 Å². The maximum Gasteiger partial charge on any atom is 0.331 e. The van der Waals surface area contributed by atoms with E-state index in [4.69, 9.17) is 20.9 Å². The molecule has 0 saturated carbocycles. The van der Waals surface area contributed by atoms with Gasteiger partial charge in [0.15, 0.2) is 12.4 Å². The van der Waals surface area contributed by atoms with Crippen molar-refractivity contribution >= 4 is 23.6 Å². The minimum atomic E-state index is -0.589. The predicted molar refractivity (Wildman–Crippen MR) is 100 cm³/mol. The van der Waals surface area contributed by atoms with Gasteiger partial charge < -0.3 is 9.26 Å². The van der Waals surface area contributed by atoms with Crippen molar-refractivity contribution in [3.8, 4) is 5.69 Å². The van der Waals surface area contributed by atoms with Crippen molar-refractivity contribution in [2.45, 2.75) is 33.3 Å². The zero-order chi connectivity index (χ0) is 20.3.